The van der Waals surface area contributed by atoms with E-state index >= 15 is 0 Å². The van der Waals surface area contributed by atoms with Gasteiger partial charge in [0.2, 0.25) is 0 Å². The highest BCUT2D eigenvalue weighted by Crippen LogP contribution is 2.12. The van der Waals surface area contributed by atoms with Gasteiger partial charge in [-0.25, -0.2) is 15.0 Å². The maximum Gasteiger partial charge on any atom is 0.160 e. The van der Waals surface area contributed by atoms with E-state index in [1.807, 2.05) is 13.8 Å². The van der Waals surface area contributed by atoms with Crippen LogP contribution in [-0.2, 0) is 11.3 Å². The Morgan fingerprint density at radius 2 is 2.06 bits per heavy atom. The molecule has 0 unspecified atom stereocenters. The van der Waals surface area contributed by atoms with E-state index in [1.165, 1.54) is 0 Å². The van der Waals surface area contributed by atoms with Gasteiger partial charge in [0, 0.05) is 13.2 Å². The molecule has 0 N–H and O–H groups in total. The number of methoxy groups -OCH3 is 1. The maximum atomic E-state index is 5.93. The van der Waals surface area contributed by atoms with Crippen molar-refractivity contribution in [2.45, 2.75) is 20.5 Å². The Labute approximate surface area is 104 Å². The van der Waals surface area contributed by atoms with E-state index in [-0.39, 0.29) is 0 Å². The van der Waals surface area contributed by atoms with E-state index in [9.17, 15) is 0 Å². The monoisotopic (exact) mass is 253 g/mol. The molecule has 0 amide bonds. The number of aromatic nitrogens is 5. The molecule has 17 heavy (non-hydrogen) atoms. The minimum Gasteiger partial charge on any atom is -0.377 e. The Morgan fingerprint density at radius 3 is 2.65 bits per heavy atom. The molecule has 0 saturated heterocycles. The third kappa shape index (κ3) is 2.59. The standard InChI is InChI=1S/C10H12ClN5O/c1-6-12-7(2)16(15-6)10-4-8(11)13-9(14-10)5-17-3/h4H,5H2,1-3H3. The van der Waals surface area contributed by atoms with Gasteiger partial charge in [0.15, 0.2) is 11.6 Å². The summed E-state index contributed by atoms with van der Waals surface area (Å²) in [6, 6.07) is 1.64. The minimum absolute atomic E-state index is 0.306. The minimum atomic E-state index is 0.306. The van der Waals surface area contributed by atoms with Gasteiger partial charge in [0.25, 0.3) is 0 Å². The summed E-state index contributed by atoms with van der Waals surface area (Å²) in [4.78, 5) is 12.6. The molecule has 2 rings (SSSR count). The SMILES string of the molecule is COCc1nc(Cl)cc(-n2nc(C)nc2C)n1. The van der Waals surface area contributed by atoms with E-state index in [2.05, 4.69) is 20.1 Å². The first-order chi connectivity index (χ1) is 8.10. The molecule has 7 heteroatoms. The lowest BCUT2D eigenvalue weighted by Crippen LogP contribution is -2.06. The topological polar surface area (TPSA) is 65.7 Å². The first-order valence-corrected chi connectivity index (χ1v) is 5.41. The molecule has 6 nitrogen and oxygen atoms in total. The predicted octanol–water partition coefficient (Wildman–Crippen LogP) is 1.47. The van der Waals surface area contributed by atoms with Crippen LogP contribution >= 0.6 is 11.6 Å². The van der Waals surface area contributed by atoms with E-state index in [4.69, 9.17) is 16.3 Å². The van der Waals surface area contributed by atoms with Gasteiger partial charge < -0.3 is 4.74 Å². The summed E-state index contributed by atoms with van der Waals surface area (Å²) in [6.07, 6.45) is 0. The maximum absolute atomic E-state index is 5.93. The van der Waals surface area contributed by atoms with Crippen molar-refractivity contribution >= 4 is 11.6 Å². The average Bonchev–Trinajstić information content (AvgIpc) is 2.57. The summed E-state index contributed by atoms with van der Waals surface area (Å²) >= 11 is 5.93. The second-order valence-electron chi connectivity index (χ2n) is 3.52. The molecule has 2 aromatic rings. The van der Waals surface area contributed by atoms with Crippen LogP contribution in [0.1, 0.15) is 17.5 Å². The zero-order valence-corrected chi connectivity index (χ0v) is 10.6. The molecule has 0 fully saturated rings. The molecule has 0 spiro atoms. The fourth-order valence-electron chi connectivity index (χ4n) is 1.49. The molecule has 0 bridgehead atoms. The van der Waals surface area contributed by atoms with Crippen molar-refractivity contribution in [3.8, 4) is 5.82 Å². The van der Waals surface area contributed by atoms with Gasteiger partial charge in [-0.05, 0) is 13.8 Å². The molecule has 0 aliphatic heterocycles. The molecule has 0 radical (unpaired) electrons. The van der Waals surface area contributed by atoms with E-state index in [0.717, 1.165) is 5.82 Å². The van der Waals surface area contributed by atoms with Crippen LogP contribution < -0.4 is 0 Å². The van der Waals surface area contributed by atoms with E-state index < -0.39 is 0 Å². The first kappa shape index (κ1) is 11.9. The highest BCUT2D eigenvalue weighted by Gasteiger charge is 2.09. The molecular formula is C10H12ClN5O. The first-order valence-electron chi connectivity index (χ1n) is 5.03. The summed E-state index contributed by atoms with van der Waals surface area (Å²) in [5, 5.41) is 4.59. The van der Waals surface area contributed by atoms with Gasteiger partial charge >= 0.3 is 0 Å². The van der Waals surface area contributed by atoms with Crippen molar-refractivity contribution in [2.75, 3.05) is 7.11 Å². The van der Waals surface area contributed by atoms with Gasteiger partial charge in [-0.1, -0.05) is 11.6 Å². The van der Waals surface area contributed by atoms with Crippen LogP contribution in [0, 0.1) is 13.8 Å². The lowest BCUT2D eigenvalue weighted by Gasteiger charge is -2.05. The molecule has 2 heterocycles. The van der Waals surface area contributed by atoms with Crippen molar-refractivity contribution in [1.82, 2.24) is 24.7 Å². The molecule has 0 aromatic carbocycles. The largest absolute Gasteiger partial charge is 0.377 e. The molecule has 2 aromatic heterocycles. The van der Waals surface area contributed by atoms with Crippen molar-refractivity contribution < 1.29 is 4.74 Å². The summed E-state index contributed by atoms with van der Waals surface area (Å²) in [6.45, 7) is 3.98. The smallest absolute Gasteiger partial charge is 0.160 e. The Kier molecular flexibility index (Phi) is 3.35. The summed E-state index contributed by atoms with van der Waals surface area (Å²) in [7, 11) is 1.58. The lowest BCUT2D eigenvalue weighted by atomic mass is 10.5. The van der Waals surface area contributed by atoms with Crippen LogP contribution in [0.15, 0.2) is 6.07 Å². The van der Waals surface area contributed by atoms with Gasteiger partial charge in [-0.2, -0.15) is 4.68 Å². The molecule has 0 aliphatic carbocycles. The lowest BCUT2D eigenvalue weighted by molar-refractivity contribution is 0.177. The van der Waals surface area contributed by atoms with Crippen LogP contribution in [0.2, 0.25) is 5.15 Å². The Balaban J connectivity index is 2.48. The quantitative estimate of drug-likeness (QED) is 0.775. The third-order valence-electron chi connectivity index (χ3n) is 2.09. The Morgan fingerprint density at radius 1 is 1.29 bits per heavy atom. The number of halogens is 1. The van der Waals surface area contributed by atoms with Gasteiger partial charge in [-0.3, -0.25) is 0 Å². The van der Waals surface area contributed by atoms with Gasteiger partial charge in [-0.15, -0.1) is 5.10 Å². The molecule has 0 atom stereocenters. The number of hydrogen-bond acceptors (Lipinski definition) is 5. The van der Waals surface area contributed by atoms with E-state index in [0.29, 0.717) is 29.2 Å². The number of aryl methyl sites for hydroxylation is 2. The van der Waals surface area contributed by atoms with Crippen LogP contribution in [0.4, 0.5) is 0 Å². The zero-order chi connectivity index (χ0) is 12.4. The Bertz CT molecular complexity index is 539. The highest BCUT2D eigenvalue weighted by atomic mass is 35.5. The van der Waals surface area contributed by atoms with Crippen LogP contribution in [0.5, 0.6) is 0 Å². The predicted molar refractivity (Wildman–Crippen MR) is 62.1 cm³/mol. The van der Waals surface area contributed by atoms with Crippen molar-refractivity contribution in [1.29, 1.82) is 0 Å². The fraction of sp³-hybridized carbons (Fsp3) is 0.400. The average molecular weight is 254 g/mol. The molecular weight excluding hydrogens is 242 g/mol. The third-order valence-corrected chi connectivity index (χ3v) is 2.29. The second-order valence-corrected chi connectivity index (χ2v) is 3.90. The molecule has 90 valence electrons. The van der Waals surface area contributed by atoms with Gasteiger partial charge in [0.05, 0.1) is 0 Å². The normalized spacial score (nSPS) is 10.8. The number of nitrogens with zero attached hydrogens (tertiary/aromatic N) is 5. The van der Waals surface area contributed by atoms with Crippen LogP contribution in [-0.4, -0.2) is 31.8 Å². The van der Waals surface area contributed by atoms with Crippen molar-refractivity contribution in [3.63, 3.8) is 0 Å². The molecule has 0 saturated carbocycles. The van der Waals surface area contributed by atoms with Gasteiger partial charge in [0.1, 0.15) is 23.4 Å². The van der Waals surface area contributed by atoms with Crippen LogP contribution in [0.25, 0.3) is 5.82 Å². The number of ether oxygens (including phenoxy) is 1. The molecule has 0 aliphatic rings. The van der Waals surface area contributed by atoms with Crippen molar-refractivity contribution in [3.05, 3.63) is 28.7 Å². The van der Waals surface area contributed by atoms with Crippen LogP contribution in [0.3, 0.4) is 0 Å². The Hall–Kier alpha value is -1.53. The van der Waals surface area contributed by atoms with E-state index in [1.54, 1.807) is 17.9 Å². The highest BCUT2D eigenvalue weighted by molar-refractivity contribution is 6.29. The number of hydrogen-bond donors (Lipinski definition) is 0. The summed E-state index contributed by atoms with van der Waals surface area (Å²) < 4.78 is 6.61. The fourth-order valence-corrected chi connectivity index (χ4v) is 1.69. The second kappa shape index (κ2) is 4.77. The van der Waals surface area contributed by atoms with Crippen molar-refractivity contribution in [2.24, 2.45) is 0 Å². The summed E-state index contributed by atoms with van der Waals surface area (Å²) in [5.74, 6) is 2.55. The summed E-state index contributed by atoms with van der Waals surface area (Å²) in [5.41, 5.74) is 0. The number of rotatable bonds is 3. The zero-order valence-electron chi connectivity index (χ0n) is 9.81.